The summed E-state index contributed by atoms with van der Waals surface area (Å²) in [6, 6.07) is 0.897. The van der Waals surface area contributed by atoms with Crippen molar-refractivity contribution in [2.75, 3.05) is 19.7 Å². The Balaban J connectivity index is 1.35. The Morgan fingerprint density at radius 3 is 3.00 bits per heavy atom. The molecule has 1 saturated heterocycles. The molecule has 4 rings (SSSR count). The van der Waals surface area contributed by atoms with Crippen molar-refractivity contribution in [3.63, 3.8) is 0 Å². The minimum absolute atomic E-state index is 0.459. The SMILES string of the molecule is Cc1nc(COC[C@]23CCC[C@H]2CN(C2CCC2)C3)cs1. The summed E-state index contributed by atoms with van der Waals surface area (Å²) in [5.41, 5.74) is 1.57. The lowest BCUT2D eigenvalue weighted by Crippen LogP contribution is -2.40. The molecule has 2 heterocycles. The molecule has 0 aromatic carbocycles. The molecule has 116 valence electrons. The molecule has 2 aliphatic carbocycles. The van der Waals surface area contributed by atoms with Crippen LogP contribution in [0, 0.1) is 18.3 Å². The first-order valence-electron chi connectivity index (χ1n) is 8.48. The highest BCUT2D eigenvalue weighted by atomic mass is 32.1. The summed E-state index contributed by atoms with van der Waals surface area (Å²) in [6.45, 7) is 6.33. The van der Waals surface area contributed by atoms with Crippen LogP contribution < -0.4 is 0 Å². The molecular weight excluding hydrogens is 280 g/mol. The maximum atomic E-state index is 6.12. The quantitative estimate of drug-likeness (QED) is 0.831. The zero-order chi connectivity index (χ0) is 14.3. The number of thiazole rings is 1. The van der Waals surface area contributed by atoms with E-state index in [9.17, 15) is 0 Å². The van der Waals surface area contributed by atoms with Gasteiger partial charge in [0.1, 0.15) is 0 Å². The molecule has 1 aromatic heterocycles. The normalized spacial score (nSPS) is 33.3. The fraction of sp³-hybridized carbons (Fsp3) is 0.824. The van der Waals surface area contributed by atoms with E-state index in [1.807, 2.05) is 0 Å². The molecule has 0 radical (unpaired) electrons. The highest BCUT2D eigenvalue weighted by Gasteiger charge is 2.51. The summed E-state index contributed by atoms with van der Waals surface area (Å²) in [4.78, 5) is 7.29. The van der Waals surface area contributed by atoms with Crippen LogP contribution in [0.5, 0.6) is 0 Å². The first kappa shape index (κ1) is 14.2. The van der Waals surface area contributed by atoms with E-state index in [4.69, 9.17) is 4.74 Å². The van der Waals surface area contributed by atoms with Crippen molar-refractivity contribution in [3.05, 3.63) is 16.1 Å². The second-order valence-electron chi connectivity index (χ2n) is 7.32. The summed E-state index contributed by atoms with van der Waals surface area (Å²) in [7, 11) is 0. The molecule has 3 nitrogen and oxygen atoms in total. The molecule has 1 aromatic rings. The van der Waals surface area contributed by atoms with Crippen LogP contribution in [-0.2, 0) is 11.3 Å². The molecule has 3 aliphatic rings. The minimum Gasteiger partial charge on any atom is -0.374 e. The van der Waals surface area contributed by atoms with Gasteiger partial charge in [-0.3, -0.25) is 4.90 Å². The van der Waals surface area contributed by atoms with E-state index in [-0.39, 0.29) is 0 Å². The van der Waals surface area contributed by atoms with E-state index in [0.29, 0.717) is 12.0 Å². The van der Waals surface area contributed by atoms with E-state index in [1.165, 1.54) is 51.6 Å². The summed E-state index contributed by atoms with van der Waals surface area (Å²) >= 11 is 1.72. The van der Waals surface area contributed by atoms with Gasteiger partial charge in [0.25, 0.3) is 0 Å². The number of hydrogen-bond acceptors (Lipinski definition) is 4. The van der Waals surface area contributed by atoms with Crippen LogP contribution in [-0.4, -0.2) is 35.6 Å². The Morgan fingerprint density at radius 2 is 2.29 bits per heavy atom. The molecule has 2 saturated carbocycles. The smallest absolute Gasteiger partial charge is 0.0898 e. The monoisotopic (exact) mass is 306 g/mol. The molecular formula is C17H26N2OS. The van der Waals surface area contributed by atoms with Crippen LogP contribution in [0.2, 0.25) is 0 Å². The zero-order valence-electron chi connectivity index (χ0n) is 13.0. The van der Waals surface area contributed by atoms with Gasteiger partial charge in [-0.05, 0) is 38.5 Å². The topological polar surface area (TPSA) is 25.4 Å². The van der Waals surface area contributed by atoms with E-state index >= 15 is 0 Å². The van der Waals surface area contributed by atoms with E-state index in [2.05, 4.69) is 22.2 Å². The number of nitrogens with zero attached hydrogens (tertiary/aromatic N) is 2. The van der Waals surface area contributed by atoms with Crippen molar-refractivity contribution in [2.45, 2.75) is 58.1 Å². The number of ether oxygens (including phenoxy) is 1. The Morgan fingerprint density at radius 1 is 1.38 bits per heavy atom. The second-order valence-corrected chi connectivity index (χ2v) is 8.38. The summed E-state index contributed by atoms with van der Waals surface area (Å²) in [6.07, 6.45) is 8.50. The van der Waals surface area contributed by atoms with Crippen molar-refractivity contribution in [1.82, 2.24) is 9.88 Å². The molecule has 0 amide bonds. The summed E-state index contributed by atoms with van der Waals surface area (Å²) in [5, 5.41) is 3.27. The number of aromatic nitrogens is 1. The number of likely N-dealkylation sites (tertiary alicyclic amines) is 1. The first-order chi connectivity index (χ1) is 10.3. The van der Waals surface area contributed by atoms with Crippen LogP contribution in [0.3, 0.4) is 0 Å². The average molecular weight is 306 g/mol. The highest BCUT2D eigenvalue weighted by molar-refractivity contribution is 7.09. The number of fused-ring (bicyclic) bond motifs is 1. The van der Waals surface area contributed by atoms with Gasteiger partial charge in [0.2, 0.25) is 0 Å². The molecule has 1 aliphatic heterocycles. The molecule has 3 fully saturated rings. The predicted octanol–water partition coefficient (Wildman–Crippen LogP) is 3.62. The van der Waals surface area contributed by atoms with Crippen molar-refractivity contribution < 1.29 is 4.74 Å². The van der Waals surface area contributed by atoms with Crippen LogP contribution in [0.1, 0.15) is 49.2 Å². The van der Waals surface area contributed by atoms with Crippen LogP contribution in [0.4, 0.5) is 0 Å². The van der Waals surface area contributed by atoms with Gasteiger partial charge in [-0.25, -0.2) is 4.98 Å². The average Bonchev–Trinajstić information content (AvgIpc) is 3.02. The largest absolute Gasteiger partial charge is 0.374 e. The second kappa shape index (κ2) is 5.64. The summed E-state index contributed by atoms with van der Waals surface area (Å²) < 4.78 is 6.12. The lowest BCUT2D eigenvalue weighted by molar-refractivity contribution is 0.0214. The van der Waals surface area contributed by atoms with Gasteiger partial charge in [0.05, 0.1) is 23.9 Å². The van der Waals surface area contributed by atoms with Crippen molar-refractivity contribution in [3.8, 4) is 0 Å². The van der Waals surface area contributed by atoms with Gasteiger partial charge in [-0.1, -0.05) is 12.8 Å². The standard InChI is InChI=1S/C17H26N2OS/c1-13-18-15(10-21-13)9-20-12-17-7-3-4-14(17)8-19(11-17)16-5-2-6-16/h10,14,16H,2-9,11-12H2,1H3/t14-,17+/m0/s1. The van der Waals surface area contributed by atoms with Crippen LogP contribution >= 0.6 is 11.3 Å². The predicted molar refractivity (Wildman–Crippen MR) is 85.5 cm³/mol. The van der Waals surface area contributed by atoms with Crippen molar-refractivity contribution in [2.24, 2.45) is 11.3 Å². The fourth-order valence-corrected chi connectivity index (χ4v) is 5.15. The lowest BCUT2D eigenvalue weighted by Gasteiger charge is -2.36. The number of hydrogen-bond donors (Lipinski definition) is 0. The van der Waals surface area contributed by atoms with E-state index in [1.54, 1.807) is 11.3 Å². The maximum Gasteiger partial charge on any atom is 0.0898 e. The molecule has 0 spiro atoms. The van der Waals surface area contributed by atoms with E-state index in [0.717, 1.165) is 29.3 Å². The Labute approximate surface area is 131 Å². The molecule has 0 N–H and O–H groups in total. The molecule has 0 unspecified atom stereocenters. The third-order valence-corrected chi connectivity index (χ3v) is 6.79. The Bertz CT molecular complexity index is 499. The molecule has 21 heavy (non-hydrogen) atoms. The van der Waals surface area contributed by atoms with Crippen molar-refractivity contribution in [1.29, 1.82) is 0 Å². The van der Waals surface area contributed by atoms with Crippen LogP contribution in [0.25, 0.3) is 0 Å². The van der Waals surface area contributed by atoms with Gasteiger partial charge < -0.3 is 4.74 Å². The van der Waals surface area contributed by atoms with Gasteiger partial charge >= 0.3 is 0 Å². The fourth-order valence-electron chi connectivity index (χ4n) is 4.56. The van der Waals surface area contributed by atoms with Crippen molar-refractivity contribution >= 4 is 11.3 Å². The number of aryl methyl sites for hydroxylation is 1. The third kappa shape index (κ3) is 2.66. The third-order valence-electron chi connectivity index (χ3n) is 5.96. The van der Waals surface area contributed by atoms with Gasteiger partial charge in [-0.2, -0.15) is 0 Å². The van der Waals surface area contributed by atoms with Crippen LogP contribution in [0.15, 0.2) is 5.38 Å². The molecule has 0 bridgehead atoms. The summed E-state index contributed by atoms with van der Waals surface area (Å²) in [5.74, 6) is 0.885. The Kier molecular flexibility index (Phi) is 3.80. The molecule has 2 atom stereocenters. The zero-order valence-corrected chi connectivity index (χ0v) is 13.8. The highest BCUT2D eigenvalue weighted by Crippen LogP contribution is 2.50. The maximum absolute atomic E-state index is 6.12. The molecule has 4 heteroatoms. The van der Waals surface area contributed by atoms with Gasteiger partial charge in [0, 0.05) is 29.9 Å². The van der Waals surface area contributed by atoms with E-state index < -0.39 is 0 Å². The first-order valence-corrected chi connectivity index (χ1v) is 9.36. The Hall–Kier alpha value is -0.450. The number of rotatable bonds is 5. The van der Waals surface area contributed by atoms with Gasteiger partial charge in [0.15, 0.2) is 0 Å². The minimum atomic E-state index is 0.459. The lowest BCUT2D eigenvalue weighted by atomic mass is 9.81. The van der Waals surface area contributed by atoms with Gasteiger partial charge in [-0.15, -0.1) is 11.3 Å².